The van der Waals surface area contributed by atoms with E-state index in [-0.39, 0.29) is 24.8 Å². The molecule has 164 valence electrons. The SMILES string of the molecule is CC(C)(C)OC(=O)NCCC(=O)Nc1ccccc1NC(=O)/C=C/c1cccc(Br)c1. The van der Waals surface area contributed by atoms with Gasteiger partial charge >= 0.3 is 6.09 Å². The number of anilines is 2. The molecule has 0 aliphatic heterocycles. The van der Waals surface area contributed by atoms with Crippen LogP contribution in [0, 0.1) is 0 Å². The predicted octanol–water partition coefficient (Wildman–Crippen LogP) is 4.95. The zero-order valence-electron chi connectivity index (χ0n) is 17.7. The molecule has 3 amide bonds. The van der Waals surface area contributed by atoms with Crippen molar-refractivity contribution in [3.05, 3.63) is 64.6 Å². The summed E-state index contributed by atoms with van der Waals surface area (Å²) in [6, 6.07) is 14.4. The van der Waals surface area contributed by atoms with Gasteiger partial charge in [-0.25, -0.2) is 4.79 Å². The normalized spacial score (nSPS) is 11.1. The number of para-hydroxylation sites is 2. The number of ether oxygens (including phenoxy) is 1. The van der Waals surface area contributed by atoms with Crippen LogP contribution in [-0.4, -0.2) is 30.1 Å². The molecular weight excluding hydrogens is 462 g/mol. The quantitative estimate of drug-likeness (QED) is 0.481. The van der Waals surface area contributed by atoms with Crippen LogP contribution in [0.15, 0.2) is 59.1 Å². The van der Waals surface area contributed by atoms with Gasteiger partial charge in [0.2, 0.25) is 11.8 Å². The number of hydrogen-bond donors (Lipinski definition) is 3. The Balaban J connectivity index is 1.89. The maximum Gasteiger partial charge on any atom is 0.407 e. The summed E-state index contributed by atoms with van der Waals surface area (Å²) in [7, 11) is 0. The lowest BCUT2D eigenvalue weighted by Crippen LogP contribution is -2.34. The molecule has 0 unspecified atom stereocenters. The summed E-state index contributed by atoms with van der Waals surface area (Å²) in [5, 5.41) is 8.04. The van der Waals surface area contributed by atoms with Crippen molar-refractivity contribution in [2.24, 2.45) is 0 Å². The van der Waals surface area contributed by atoms with E-state index in [1.165, 1.54) is 6.08 Å². The molecule has 0 aromatic heterocycles. The molecule has 7 nitrogen and oxygen atoms in total. The molecule has 2 aromatic rings. The van der Waals surface area contributed by atoms with Crippen LogP contribution in [-0.2, 0) is 14.3 Å². The second-order valence-electron chi connectivity index (χ2n) is 7.65. The van der Waals surface area contributed by atoms with E-state index in [2.05, 4.69) is 31.9 Å². The number of benzene rings is 2. The molecule has 0 fully saturated rings. The Bertz CT molecular complexity index is 967. The highest BCUT2D eigenvalue weighted by molar-refractivity contribution is 9.10. The molecule has 0 saturated heterocycles. The number of carbonyl (C=O) groups is 3. The fraction of sp³-hybridized carbons (Fsp3) is 0.261. The summed E-state index contributed by atoms with van der Waals surface area (Å²) in [4.78, 5) is 36.1. The Hall–Kier alpha value is -3.13. The largest absolute Gasteiger partial charge is 0.444 e. The number of amides is 3. The number of halogens is 1. The number of hydrogen-bond acceptors (Lipinski definition) is 4. The highest BCUT2D eigenvalue weighted by Crippen LogP contribution is 2.21. The van der Waals surface area contributed by atoms with Crippen LogP contribution >= 0.6 is 15.9 Å². The molecule has 0 spiro atoms. The van der Waals surface area contributed by atoms with Crippen LogP contribution in [0.1, 0.15) is 32.8 Å². The minimum Gasteiger partial charge on any atom is -0.444 e. The highest BCUT2D eigenvalue weighted by atomic mass is 79.9. The van der Waals surface area contributed by atoms with Crippen LogP contribution < -0.4 is 16.0 Å². The second-order valence-corrected chi connectivity index (χ2v) is 8.57. The third-order valence-corrected chi connectivity index (χ3v) is 4.25. The molecule has 0 radical (unpaired) electrons. The molecule has 8 heteroatoms. The molecule has 3 N–H and O–H groups in total. The number of carbonyl (C=O) groups excluding carboxylic acids is 3. The smallest absolute Gasteiger partial charge is 0.407 e. The summed E-state index contributed by atoms with van der Waals surface area (Å²) in [6.07, 6.45) is 2.60. The summed E-state index contributed by atoms with van der Waals surface area (Å²) in [5.41, 5.74) is 1.21. The van der Waals surface area contributed by atoms with E-state index in [1.54, 1.807) is 51.1 Å². The average molecular weight is 488 g/mol. The molecular formula is C23H26BrN3O4. The Morgan fingerprint density at radius 2 is 1.68 bits per heavy atom. The van der Waals surface area contributed by atoms with Gasteiger partial charge in [0.25, 0.3) is 0 Å². The van der Waals surface area contributed by atoms with Crippen molar-refractivity contribution in [1.82, 2.24) is 5.32 Å². The van der Waals surface area contributed by atoms with Gasteiger partial charge in [0.15, 0.2) is 0 Å². The number of nitrogens with one attached hydrogen (secondary N) is 3. The van der Waals surface area contributed by atoms with Gasteiger partial charge in [-0.3, -0.25) is 9.59 Å². The van der Waals surface area contributed by atoms with Crippen molar-refractivity contribution in [3.63, 3.8) is 0 Å². The standard InChI is InChI=1S/C23H26BrN3O4/c1-23(2,3)31-22(30)25-14-13-21(29)27-19-10-5-4-9-18(19)26-20(28)12-11-16-7-6-8-17(24)15-16/h4-12,15H,13-14H2,1-3H3,(H,25,30)(H,26,28)(H,27,29)/b12-11+. The zero-order chi connectivity index (χ0) is 22.9. The van der Waals surface area contributed by atoms with Crippen LogP contribution in [0.3, 0.4) is 0 Å². The van der Waals surface area contributed by atoms with Crippen molar-refractivity contribution >= 4 is 51.3 Å². The molecule has 0 aliphatic rings. The van der Waals surface area contributed by atoms with E-state index in [4.69, 9.17) is 4.74 Å². The Labute approximate surface area is 190 Å². The molecule has 2 aromatic carbocycles. The number of rotatable bonds is 7. The third-order valence-electron chi connectivity index (χ3n) is 3.76. The van der Waals surface area contributed by atoms with Gasteiger partial charge in [-0.1, -0.05) is 40.2 Å². The zero-order valence-corrected chi connectivity index (χ0v) is 19.3. The number of alkyl carbamates (subject to hydrolysis) is 1. The monoisotopic (exact) mass is 487 g/mol. The fourth-order valence-electron chi connectivity index (χ4n) is 2.46. The van der Waals surface area contributed by atoms with E-state index < -0.39 is 11.7 Å². The van der Waals surface area contributed by atoms with E-state index in [0.717, 1.165) is 10.0 Å². The third kappa shape index (κ3) is 9.48. The molecule has 0 saturated carbocycles. The van der Waals surface area contributed by atoms with Crippen LogP contribution in [0.5, 0.6) is 0 Å². The summed E-state index contributed by atoms with van der Waals surface area (Å²) >= 11 is 3.39. The average Bonchev–Trinajstić information content (AvgIpc) is 2.66. The predicted molar refractivity (Wildman–Crippen MR) is 126 cm³/mol. The van der Waals surface area contributed by atoms with E-state index >= 15 is 0 Å². The lowest BCUT2D eigenvalue weighted by molar-refractivity contribution is -0.116. The van der Waals surface area contributed by atoms with Crippen molar-refractivity contribution < 1.29 is 19.1 Å². The summed E-state index contributed by atoms with van der Waals surface area (Å²) in [6.45, 7) is 5.42. The first-order chi connectivity index (χ1) is 14.6. The van der Waals surface area contributed by atoms with E-state index in [0.29, 0.717) is 11.4 Å². The molecule has 0 heterocycles. The van der Waals surface area contributed by atoms with Crippen LogP contribution in [0.4, 0.5) is 16.2 Å². The first-order valence-electron chi connectivity index (χ1n) is 9.73. The van der Waals surface area contributed by atoms with Gasteiger partial charge in [0.1, 0.15) is 5.60 Å². The minimum absolute atomic E-state index is 0.0598. The molecule has 0 aliphatic carbocycles. The van der Waals surface area contributed by atoms with Gasteiger partial charge in [0.05, 0.1) is 11.4 Å². The molecule has 0 atom stereocenters. The summed E-state index contributed by atoms with van der Waals surface area (Å²) < 4.78 is 6.04. The lowest BCUT2D eigenvalue weighted by Gasteiger charge is -2.19. The van der Waals surface area contributed by atoms with E-state index in [1.807, 2.05) is 24.3 Å². The maximum absolute atomic E-state index is 12.3. The van der Waals surface area contributed by atoms with Crippen LogP contribution in [0.2, 0.25) is 0 Å². The second kappa shape index (κ2) is 11.3. The van der Waals surface area contributed by atoms with Gasteiger partial charge in [-0.15, -0.1) is 0 Å². The minimum atomic E-state index is -0.602. The van der Waals surface area contributed by atoms with E-state index in [9.17, 15) is 14.4 Å². The van der Waals surface area contributed by atoms with Gasteiger partial charge < -0.3 is 20.7 Å². The van der Waals surface area contributed by atoms with Crippen LogP contribution in [0.25, 0.3) is 6.08 Å². The molecule has 31 heavy (non-hydrogen) atoms. The first-order valence-corrected chi connectivity index (χ1v) is 10.5. The molecule has 0 bridgehead atoms. The topological polar surface area (TPSA) is 96.5 Å². The first kappa shape index (κ1) is 24.1. The summed E-state index contributed by atoms with van der Waals surface area (Å²) in [5.74, 6) is -0.629. The van der Waals surface area contributed by atoms with Gasteiger partial charge in [0, 0.05) is 23.5 Å². The van der Waals surface area contributed by atoms with Crippen molar-refractivity contribution in [1.29, 1.82) is 0 Å². The Morgan fingerprint density at radius 1 is 1.00 bits per heavy atom. The van der Waals surface area contributed by atoms with Gasteiger partial charge in [-0.2, -0.15) is 0 Å². The van der Waals surface area contributed by atoms with Crippen molar-refractivity contribution in [2.75, 3.05) is 17.2 Å². The fourth-order valence-corrected chi connectivity index (χ4v) is 2.88. The van der Waals surface area contributed by atoms with Crippen molar-refractivity contribution in [3.8, 4) is 0 Å². The van der Waals surface area contributed by atoms with Crippen molar-refractivity contribution in [2.45, 2.75) is 32.8 Å². The highest BCUT2D eigenvalue weighted by Gasteiger charge is 2.16. The van der Waals surface area contributed by atoms with Gasteiger partial charge in [-0.05, 0) is 56.7 Å². The molecule has 2 rings (SSSR count). The Morgan fingerprint density at radius 3 is 2.32 bits per heavy atom. The Kier molecular flexibility index (Phi) is 8.81. The maximum atomic E-state index is 12.3. The lowest BCUT2D eigenvalue weighted by atomic mass is 10.2.